The summed E-state index contributed by atoms with van der Waals surface area (Å²) in [6.45, 7) is 4.04. The van der Waals surface area contributed by atoms with Crippen molar-refractivity contribution in [2.24, 2.45) is 0 Å². The van der Waals surface area contributed by atoms with E-state index in [0.717, 1.165) is 16.7 Å². The lowest BCUT2D eigenvalue weighted by atomic mass is 10.1. The normalized spacial score (nSPS) is 10.8. The van der Waals surface area contributed by atoms with Crippen LogP contribution in [0, 0.1) is 19.7 Å². The maximum Gasteiger partial charge on any atom is 0.258 e. The average Bonchev–Trinajstić information content (AvgIpc) is 2.89. The summed E-state index contributed by atoms with van der Waals surface area (Å²) in [5.74, 6) is 0.647. The molecule has 0 fully saturated rings. The number of aromatic nitrogens is 2. The van der Waals surface area contributed by atoms with Crippen LogP contribution in [0.15, 0.2) is 47.0 Å². The second-order valence-corrected chi connectivity index (χ2v) is 4.75. The fourth-order valence-corrected chi connectivity index (χ4v) is 2.10. The second kappa shape index (κ2) is 4.89. The summed E-state index contributed by atoms with van der Waals surface area (Å²) in [5, 5.41) is 3.95. The highest BCUT2D eigenvalue weighted by Gasteiger charge is 2.12. The zero-order chi connectivity index (χ0) is 14.1. The van der Waals surface area contributed by atoms with Crippen LogP contribution in [0.2, 0.25) is 0 Å². The van der Waals surface area contributed by atoms with Gasteiger partial charge in [0.05, 0.1) is 0 Å². The van der Waals surface area contributed by atoms with Crippen LogP contribution >= 0.6 is 0 Å². The maximum absolute atomic E-state index is 12.9. The molecular formula is C16H13FN2O. The highest BCUT2D eigenvalue weighted by atomic mass is 19.1. The Morgan fingerprint density at radius 3 is 2.45 bits per heavy atom. The summed E-state index contributed by atoms with van der Waals surface area (Å²) in [6.07, 6.45) is 0. The molecule has 0 N–H and O–H groups in total. The molecule has 0 atom stereocenters. The Morgan fingerprint density at radius 2 is 1.75 bits per heavy atom. The van der Waals surface area contributed by atoms with Gasteiger partial charge in [-0.1, -0.05) is 22.9 Å². The van der Waals surface area contributed by atoms with E-state index in [1.165, 1.54) is 17.7 Å². The fraction of sp³-hybridized carbons (Fsp3) is 0.125. The third-order valence-corrected chi connectivity index (χ3v) is 3.14. The molecule has 0 aliphatic heterocycles. The standard InChI is InChI=1S/C16H13FN2O/c1-10-3-8-14(11(2)9-10)16-18-15(19-20-16)12-4-6-13(17)7-5-12/h3-9H,1-2H3. The van der Waals surface area contributed by atoms with E-state index in [0.29, 0.717) is 11.7 Å². The van der Waals surface area contributed by atoms with Gasteiger partial charge in [0, 0.05) is 11.1 Å². The Hall–Kier alpha value is -2.49. The first-order chi connectivity index (χ1) is 9.63. The van der Waals surface area contributed by atoms with E-state index in [1.54, 1.807) is 12.1 Å². The molecule has 0 aliphatic carbocycles. The Bertz CT molecular complexity index is 747. The highest BCUT2D eigenvalue weighted by Crippen LogP contribution is 2.25. The molecule has 1 aromatic heterocycles. The maximum atomic E-state index is 12.9. The van der Waals surface area contributed by atoms with Crippen LogP contribution in [0.25, 0.3) is 22.8 Å². The first-order valence-corrected chi connectivity index (χ1v) is 6.31. The van der Waals surface area contributed by atoms with Crippen molar-refractivity contribution in [3.05, 3.63) is 59.4 Å². The van der Waals surface area contributed by atoms with Gasteiger partial charge in [0.25, 0.3) is 5.89 Å². The number of halogens is 1. The Balaban J connectivity index is 1.99. The Labute approximate surface area is 116 Å². The minimum absolute atomic E-state index is 0.285. The van der Waals surface area contributed by atoms with Crippen LogP contribution in [0.5, 0.6) is 0 Å². The van der Waals surface area contributed by atoms with Gasteiger partial charge < -0.3 is 4.52 Å². The molecule has 0 radical (unpaired) electrons. The van der Waals surface area contributed by atoms with Gasteiger partial charge in [-0.05, 0) is 49.7 Å². The van der Waals surface area contributed by atoms with E-state index < -0.39 is 0 Å². The van der Waals surface area contributed by atoms with Crippen molar-refractivity contribution in [2.75, 3.05) is 0 Å². The third kappa shape index (κ3) is 2.32. The molecule has 100 valence electrons. The van der Waals surface area contributed by atoms with Crippen LogP contribution in [0.4, 0.5) is 4.39 Å². The molecule has 0 saturated heterocycles. The lowest BCUT2D eigenvalue weighted by Gasteiger charge is -2.01. The molecule has 0 bridgehead atoms. The summed E-state index contributed by atoms with van der Waals surface area (Å²) in [6, 6.07) is 12.1. The SMILES string of the molecule is Cc1ccc(-c2nc(-c3ccc(F)cc3)no2)c(C)c1. The van der Waals surface area contributed by atoms with Crippen molar-refractivity contribution in [3.63, 3.8) is 0 Å². The summed E-state index contributed by atoms with van der Waals surface area (Å²) in [4.78, 5) is 4.37. The van der Waals surface area contributed by atoms with Gasteiger partial charge in [-0.2, -0.15) is 4.98 Å². The van der Waals surface area contributed by atoms with Gasteiger partial charge in [-0.25, -0.2) is 4.39 Å². The molecule has 0 aliphatic rings. The van der Waals surface area contributed by atoms with Gasteiger partial charge in [0.2, 0.25) is 5.82 Å². The van der Waals surface area contributed by atoms with Crippen LogP contribution in [-0.2, 0) is 0 Å². The lowest BCUT2D eigenvalue weighted by Crippen LogP contribution is -1.85. The van der Waals surface area contributed by atoms with Gasteiger partial charge in [0.1, 0.15) is 5.82 Å². The quantitative estimate of drug-likeness (QED) is 0.700. The van der Waals surface area contributed by atoms with Crippen LogP contribution in [-0.4, -0.2) is 10.1 Å². The van der Waals surface area contributed by atoms with E-state index in [4.69, 9.17) is 4.52 Å². The average molecular weight is 268 g/mol. The smallest absolute Gasteiger partial charge is 0.258 e. The minimum atomic E-state index is -0.285. The van der Waals surface area contributed by atoms with Crippen molar-refractivity contribution in [1.29, 1.82) is 0 Å². The molecule has 4 heteroatoms. The first-order valence-electron chi connectivity index (χ1n) is 6.31. The molecule has 1 heterocycles. The van der Waals surface area contributed by atoms with Crippen molar-refractivity contribution in [2.45, 2.75) is 13.8 Å². The van der Waals surface area contributed by atoms with E-state index in [2.05, 4.69) is 16.2 Å². The first kappa shape index (κ1) is 12.5. The fourth-order valence-electron chi connectivity index (χ4n) is 2.10. The van der Waals surface area contributed by atoms with E-state index in [1.807, 2.05) is 26.0 Å². The summed E-state index contributed by atoms with van der Waals surface area (Å²) >= 11 is 0. The number of rotatable bonds is 2. The number of nitrogens with zero attached hydrogens (tertiary/aromatic N) is 2. The number of aryl methyl sites for hydroxylation is 2. The van der Waals surface area contributed by atoms with Crippen LogP contribution in [0.3, 0.4) is 0 Å². The molecule has 3 rings (SSSR count). The molecule has 0 amide bonds. The lowest BCUT2D eigenvalue weighted by molar-refractivity contribution is 0.432. The largest absolute Gasteiger partial charge is 0.334 e. The van der Waals surface area contributed by atoms with Crippen molar-refractivity contribution in [1.82, 2.24) is 10.1 Å². The predicted molar refractivity (Wildman–Crippen MR) is 74.6 cm³/mol. The molecule has 0 spiro atoms. The highest BCUT2D eigenvalue weighted by molar-refractivity contribution is 5.62. The summed E-state index contributed by atoms with van der Waals surface area (Å²) < 4.78 is 18.2. The molecule has 3 aromatic rings. The van der Waals surface area contributed by atoms with Crippen LogP contribution in [0.1, 0.15) is 11.1 Å². The van der Waals surface area contributed by atoms with E-state index in [-0.39, 0.29) is 5.82 Å². The number of hydrogen-bond acceptors (Lipinski definition) is 3. The molecule has 0 unspecified atom stereocenters. The zero-order valence-corrected chi connectivity index (χ0v) is 11.2. The van der Waals surface area contributed by atoms with Crippen molar-refractivity contribution in [3.8, 4) is 22.8 Å². The number of benzene rings is 2. The monoisotopic (exact) mass is 268 g/mol. The number of hydrogen-bond donors (Lipinski definition) is 0. The summed E-state index contributed by atoms with van der Waals surface area (Å²) in [7, 11) is 0. The minimum Gasteiger partial charge on any atom is -0.334 e. The van der Waals surface area contributed by atoms with Gasteiger partial charge >= 0.3 is 0 Å². The molecular weight excluding hydrogens is 255 g/mol. The zero-order valence-electron chi connectivity index (χ0n) is 11.2. The molecule has 2 aromatic carbocycles. The van der Waals surface area contributed by atoms with E-state index in [9.17, 15) is 4.39 Å². The van der Waals surface area contributed by atoms with Gasteiger partial charge in [-0.15, -0.1) is 0 Å². The second-order valence-electron chi connectivity index (χ2n) is 4.75. The molecule has 3 nitrogen and oxygen atoms in total. The van der Waals surface area contributed by atoms with Crippen LogP contribution < -0.4 is 0 Å². The van der Waals surface area contributed by atoms with Gasteiger partial charge in [-0.3, -0.25) is 0 Å². The molecule has 20 heavy (non-hydrogen) atoms. The van der Waals surface area contributed by atoms with E-state index >= 15 is 0 Å². The summed E-state index contributed by atoms with van der Waals surface area (Å²) in [5.41, 5.74) is 3.91. The molecule has 0 saturated carbocycles. The Kier molecular flexibility index (Phi) is 3.06. The third-order valence-electron chi connectivity index (χ3n) is 3.14. The van der Waals surface area contributed by atoms with Crippen molar-refractivity contribution >= 4 is 0 Å². The Morgan fingerprint density at radius 1 is 1.00 bits per heavy atom. The van der Waals surface area contributed by atoms with Gasteiger partial charge in [0.15, 0.2) is 0 Å². The topological polar surface area (TPSA) is 38.9 Å². The predicted octanol–water partition coefficient (Wildman–Crippen LogP) is 4.16. The van der Waals surface area contributed by atoms with Crippen molar-refractivity contribution < 1.29 is 8.91 Å².